The standard InChI is InChI=1S/C25H28N8/c1-4-7-19-14-22-16(2)27-25(26-3)28-24(22)33(19)15-17-10-12-18(13-11-17)20-8-5-6-9-21(20)23-29-31-32-30-23/h5-6,8-14,16H,4,7,15H2,1-3H3,(H2,26,27,28)(H,29,30,31,32). The lowest BCUT2D eigenvalue weighted by Gasteiger charge is -2.22. The van der Waals surface area contributed by atoms with Crippen LogP contribution in [0.2, 0.25) is 0 Å². The lowest BCUT2D eigenvalue weighted by atomic mass is 9.98. The van der Waals surface area contributed by atoms with Crippen molar-refractivity contribution in [2.75, 3.05) is 12.4 Å². The van der Waals surface area contributed by atoms with Crippen LogP contribution in [0.15, 0.2) is 59.6 Å². The van der Waals surface area contributed by atoms with Gasteiger partial charge in [-0.2, -0.15) is 0 Å². The van der Waals surface area contributed by atoms with Crippen molar-refractivity contribution in [3.05, 3.63) is 71.4 Å². The Kier molecular flexibility index (Phi) is 5.64. The summed E-state index contributed by atoms with van der Waals surface area (Å²) in [4.78, 5) is 4.70. The van der Waals surface area contributed by atoms with Crippen molar-refractivity contribution in [3.8, 4) is 22.5 Å². The maximum atomic E-state index is 4.70. The number of nitrogens with one attached hydrogen (secondary N) is 3. The Morgan fingerprint density at radius 1 is 1.06 bits per heavy atom. The third kappa shape index (κ3) is 4.00. The number of aromatic amines is 1. The topological polar surface area (TPSA) is 95.8 Å². The number of guanidine groups is 1. The third-order valence-electron chi connectivity index (χ3n) is 6.10. The minimum atomic E-state index is 0.130. The van der Waals surface area contributed by atoms with Crippen molar-refractivity contribution in [2.24, 2.45) is 4.99 Å². The van der Waals surface area contributed by atoms with Gasteiger partial charge < -0.3 is 15.2 Å². The summed E-state index contributed by atoms with van der Waals surface area (Å²) in [6.07, 6.45) is 2.14. The van der Waals surface area contributed by atoms with E-state index in [-0.39, 0.29) is 6.04 Å². The van der Waals surface area contributed by atoms with Gasteiger partial charge in [0.05, 0.1) is 6.04 Å². The van der Waals surface area contributed by atoms with Gasteiger partial charge in [-0.3, -0.25) is 0 Å². The lowest BCUT2D eigenvalue weighted by molar-refractivity contribution is 0.725. The van der Waals surface area contributed by atoms with Gasteiger partial charge in [0, 0.05) is 30.4 Å². The fourth-order valence-electron chi connectivity index (χ4n) is 4.45. The number of rotatable bonds is 6. The minimum absolute atomic E-state index is 0.130. The second kappa shape index (κ2) is 8.90. The van der Waals surface area contributed by atoms with E-state index in [0.717, 1.165) is 47.9 Å². The molecule has 8 nitrogen and oxygen atoms in total. The highest BCUT2D eigenvalue weighted by Gasteiger charge is 2.24. The Labute approximate surface area is 193 Å². The van der Waals surface area contributed by atoms with Crippen LogP contribution in [0.4, 0.5) is 5.82 Å². The number of fused-ring (bicyclic) bond motifs is 1. The molecule has 0 saturated heterocycles. The SMILES string of the molecule is CCCc1cc2c(n1Cc1ccc(-c3ccccc3-c3nnn[nH]3)cc1)NC(NC)=NC2C. The van der Waals surface area contributed by atoms with Crippen molar-refractivity contribution in [1.29, 1.82) is 0 Å². The number of benzene rings is 2. The summed E-state index contributed by atoms with van der Waals surface area (Å²) in [6.45, 7) is 5.17. The van der Waals surface area contributed by atoms with Crippen molar-refractivity contribution in [1.82, 2.24) is 30.5 Å². The summed E-state index contributed by atoms with van der Waals surface area (Å²) in [7, 11) is 1.90. The molecule has 1 atom stereocenters. The van der Waals surface area contributed by atoms with Gasteiger partial charge in [0.15, 0.2) is 11.8 Å². The summed E-state index contributed by atoms with van der Waals surface area (Å²) in [5, 5.41) is 21.0. The van der Waals surface area contributed by atoms with Crippen LogP contribution in [-0.2, 0) is 13.0 Å². The Hall–Kier alpha value is -3.94. The van der Waals surface area contributed by atoms with Crippen LogP contribution in [0.1, 0.15) is 43.1 Å². The maximum absolute atomic E-state index is 4.70. The summed E-state index contributed by atoms with van der Waals surface area (Å²) in [6, 6.07) is 19.3. The molecule has 33 heavy (non-hydrogen) atoms. The van der Waals surface area contributed by atoms with E-state index in [1.165, 1.54) is 16.8 Å². The summed E-state index contributed by atoms with van der Waals surface area (Å²) >= 11 is 0. The molecule has 8 heteroatoms. The first kappa shape index (κ1) is 20.9. The van der Waals surface area contributed by atoms with Crippen molar-refractivity contribution in [2.45, 2.75) is 39.3 Å². The highest BCUT2D eigenvalue weighted by molar-refractivity contribution is 5.95. The van der Waals surface area contributed by atoms with Crippen LogP contribution in [-0.4, -0.2) is 38.2 Å². The molecule has 3 heterocycles. The minimum Gasteiger partial charge on any atom is -0.359 e. The average Bonchev–Trinajstić information content (AvgIpc) is 3.49. The second-order valence-corrected chi connectivity index (χ2v) is 8.30. The molecule has 2 aromatic carbocycles. The molecule has 0 aliphatic carbocycles. The Morgan fingerprint density at radius 2 is 1.85 bits per heavy atom. The van der Waals surface area contributed by atoms with E-state index in [9.17, 15) is 0 Å². The van der Waals surface area contributed by atoms with Crippen LogP contribution >= 0.6 is 0 Å². The number of aromatic nitrogens is 5. The van der Waals surface area contributed by atoms with Gasteiger partial charge in [0.1, 0.15) is 5.82 Å². The van der Waals surface area contributed by atoms with Crippen molar-refractivity contribution < 1.29 is 0 Å². The van der Waals surface area contributed by atoms with Crippen LogP contribution in [0, 0.1) is 0 Å². The number of hydrogen-bond donors (Lipinski definition) is 3. The lowest BCUT2D eigenvalue weighted by Crippen LogP contribution is -2.32. The maximum Gasteiger partial charge on any atom is 0.197 e. The highest BCUT2D eigenvalue weighted by Crippen LogP contribution is 2.34. The van der Waals surface area contributed by atoms with E-state index in [4.69, 9.17) is 4.99 Å². The zero-order chi connectivity index (χ0) is 22.8. The zero-order valence-corrected chi connectivity index (χ0v) is 19.1. The quantitative estimate of drug-likeness (QED) is 0.413. The first-order valence-electron chi connectivity index (χ1n) is 11.3. The predicted octanol–water partition coefficient (Wildman–Crippen LogP) is 4.40. The molecule has 1 unspecified atom stereocenters. The molecule has 5 rings (SSSR count). The molecule has 0 saturated carbocycles. The smallest absolute Gasteiger partial charge is 0.197 e. The summed E-state index contributed by atoms with van der Waals surface area (Å²) in [5.41, 5.74) is 7.04. The number of nitrogens with zero attached hydrogens (tertiary/aromatic N) is 5. The molecular formula is C25H28N8. The molecule has 1 aliphatic rings. The first-order valence-corrected chi connectivity index (χ1v) is 11.3. The normalized spacial score (nSPS) is 15.0. The van der Waals surface area contributed by atoms with Gasteiger partial charge in [0.2, 0.25) is 0 Å². The molecule has 4 aromatic rings. The number of anilines is 1. The Balaban J connectivity index is 1.46. The molecule has 0 spiro atoms. The van der Waals surface area contributed by atoms with Gasteiger partial charge in [0.25, 0.3) is 0 Å². The predicted molar refractivity (Wildman–Crippen MR) is 131 cm³/mol. The van der Waals surface area contributed by atoms with Crippen molar-refractivity contribution >= 4 is 11.8 Å². The van der Waals surface area contributed by atoms with E-state index >= 15 is 0 Å². The van der Waals surface area contributed by atoms with Gasteiger partial charge in [-0.15, -0.1) is 5.10 Å². The molecular weight excluding hydrogens is 412 g/mol. The monoisotopic (exact) mass is 440 g/mol. The second-order valence-electron chi connectivity index (χ2n) is 8.30. The number of H-pyrrole nitrogens is 1. The van der Waals surface area contributed by atoms with Crippen LogP contribution in [0.5, 0.6) is 0 Å². The number of aryl methyl sites for hydroxylation is 1. The molecule has 0 bridgehead atoms. The summed E-state index contributed by atoms with van der Waals surface area (Å²) in [5.74, 6) is 2.61. The van der Waals surface area contributed by atoms with E-state index in [0.29, 0.717) is 5.82 Å². The molecule has 1 aliphatic heterocycles. The number of aliphatic imine (C=N–C) groups is 1. The molecule has 0 amide bonds. The fourth-order valence-corrected chi connectivity index (χ4v) is 4.45. The van der Waals surface area contributed by atoms with Crippen LogP contribution < -0.4 is 10.6 Å². The highest BCUT2D eigenvalue weighted by atomic mass is 15.5. The van der Waals surface area contributed by atoms with E-state index in [1.807, 2.05) is 25.2 Å². The molecule has 0 radical (unpaired) electrons. The largest absolute Gasteiger partial charge is 0.359 e. The van der Waals surface area contributed by atoms with E-state index in [2.05, 4.69) is 86.1 Å². The third-order valence-corrected chi connectivity index (χ3v) is 6.10. The van der Waals surface area contributed by atoms with Gasteiger partial charge in [-0.25, -0.2) is 10.1 Å². The summed E-state index contributed by atoms with van der Waals surface area (Å²) < 4.78 is 2.39. The molecule has 168 valence electrons. The Bertz CT molecular complexity index is 1270. The number of hydrogen-bond acceptors (Lipinski definition) is 6. The molecule has 0 fully saturated rings. The molecule has 3 N–H and O–H groups in total. The zero-order valence-electron chi connectivity index (χ0n) is 19.1. The molecule has 2 aromatic heterocycles. The van der Waals surface area contributed by atoms with Crippen molar-refractivity contribution in [3.63, 3.8) is 0 Å². The Morgan fingerprint density at radius 3 is 2.55 bits per heavy atom. The van der Waals surface area contributed by atoms with Gasteiger partial charge in [-0.05, 0) is 46.5 Å². The fraction of sp³-hybridized carbons (Fsp3) is 0.280. The van der Waals surface area contributed by atoms with E-state index in [1.54, 1.807) is 0 Å². The van der Waals surface area contributed by atoms with E-state index < -0.39 is 0 Å². The van der Waals surface area contributed by atoms with Gasteiger partial charge >= 0.3 is 0 Å². The van der Waals surface area contributed by atoms with Gasteiger partial charge in [-0.1, -0.05) is 61.9 Å². The first-order chi connectivity index (χ1) is 16.2. The average molecular weight is 441 g/mol. The van der Waals surface area contributed by atoms with Crippen LogP contribution in [0.25, 0.3) is 22.5 Å². The number of tetrazole rings is 1. The van der Waals surface area contributed by atoms with Crippen LogP contribution in [0.3, 0.4) is 0 Å².